The summed E-state index contributed by atoms with van der Waals surface area (Å²) in [5.74, 6) is 0.894. The van der Waals surface area contributed by atoms with Crippen LogP contribution in [0.2, 0.25) is 0 Å². The number of nitriles is 1. The SMILES string of the molecule is Cc1c(C#N)cccc1CNc1nc2nccn2c2cc(F)c(N3CC4(COC4)C3)cc12. The molecule has 2 aliphatic rings. The van der Waals surface area contributed by atoms with E-state index in [0.29, 0.717) is 34.9 Å². The van der Waals surface area contributed by atoms with Crippen molar-refractivity contribution in [1.82, 2.24) is 14.4 Å². The van der Waals surface area contributed by atoms with Crippen molar-refractivity contribution in [3.8, 4) is 6.07 Å². The Balaban J connectivity index is 1.40. The average Bonchev–Trinajstić information content (AvgIpc) is 3.20. The van der Waals surface area contributed by atoms with Gasteiger partial charge >= 0.3 is 0 Å². The molecule has 2 saturated heterocycles. The Kier molecular flexibility index (Phi) is 4.10. The van der Waals surface area contributed by atoms with E-state index in [1.54, 1.807) is 22.9 Å². The predicted octanol–water partition coefficient (Wildman–Crippen LogP) is 3.65. The number of hydrogen-bond acceptors (Lipinski definition) is 6. The van der Waals surface area contributed by atoms with E-state index in [9.17, 15) is 5.26 Å². The largest absolute Gasteiger partial charge is 0.380 e. The van der Waals surface area contributed by atoms with Gasteiger partial charge < -0.3 is 15.0 Å². The summed E-state index contributed by atoms with van der Waals surface area (Å²) in [5, 5.41) is 13.5. The summed E-state index contributed by atoms with van der Waals surface area (Å²) in [4.78, 5) is 11.1. The first-order valence-electron chi connectivity index (χ1n) is 10.6. The Morgan fingerprint density at radius 2 is 2.12 bits per heavy atom. The van der Waals surface area contributed by atoms with Crippen LogP contribution in [0.1, 0.15) is 16.7 Å². The molecule has 0 unspecified atom stereocenters. The molecule has 2 aliphatic heterocycles. The molecular formula is C24H21FN6O. The fourth-order valence-corrected chi connectivity index (χ4v) is 4.73. The number of nitrogens with one attached hydrogen (secondary N) is 1. The van der Waals surface area contributed by atoms with Crippen LogP contribution in [0, 0.1) is 29.5 Å². The van der Waals surface area contributed by atoms with Crippen LogP contribution in [0.15, 0.2) is 42.7 Å². The van der Waals surface area contributed by atoms with Crippen LogP contribution in [0.5, 0.6) is 0 Å². The maximum atomic E-state index is 15.1. The van der Waals surface area contributed by atoms with Gasteiger partial charge in [0.2, 0.25) is 5.78 Å². The summed E-state index contributed by atoms with van der Waals surface area (Å²) in [5.41, 5.74) is 4.09. The van der Waals surface area contributed by atoms with Crippen LogP contribution in [0.4, 0.5) is 15.9 Å². The van der Waals surface area contributed by atoms with Gasteiger partial charge in [-0.05, 0) is 30.2 Å². The van der Waals surface area contributed by atoms with E-state index in [1.807, 2.05) is 31.2 Å². The summed E-state index contributed by atoms with van der Waals surface area (Å²) in [7, 11) is 0. The molecule has 0 bridgehead atoms. The maximum absolute atomic E-state index is 15.1. The standard InChI is InChI=1S/C24H21FN6O/c1-15-16(9-26)3-2-4-17(15)10-28-22-18-7-21(30-11-24(12-30)13-32-14-24)19(25)8-20(18)31-6-5-27-23(31)29-22/h2-8H,10-14H2,1H3,(H,27,28,29). The third kappa shape index (κ3) is 2.82. The van der Waals surface area contributed by atoms with E-state index in [0.717, 1.165) is 42.8 Å². The van der Waals surface area contributed by atoms with Gasteiger partial charge in [-0.3, -0.25) is 4.40 Å². The Morgan fingerprint density at radius 3 is 2.88 bits per heavy atom. The molecule has 1 N–H and O–H groups in total. The van der Waals surface area contributed by atoms with Gasteiger partial charge in [-0.2, -0.15) is 10.2 Å². The highest BCUT2D eigenvalue weighted by Gasteiger charge is 2.49. The third-order valence-electron chi connectivity index (χ3n) is 6.64. The second-order valence-corrected chi connectivity index (χ2v) is 8.78. The first-order valence-corrected chi connectivity index (χ1v) is 10.6. The van der Waals surface area contributed by atoms with Crippen molar-refractivity contribution in [2.75, 3.05) is 36.5 Å². The minimum absolute atomic E-state index is 0.193. The Hall–Kier alpha value is -3.70. The molecule has 4 aromatic rings. The minimum Gasteiger partial charge on any atom is -0.380 e. The predicted molar refractivity (Wildman–Crippen MR) is 119 cm³/mol. The number of anilines is 2. The molecule has 2 fully saturated rings. The number of ether oxygens (including phenoxy) is 1. The zero-order valence-corrected chi connectivity index (χ0v) is 17.6. The Labute approximate surface area is 184 Å². The van der Waals surface area contributed by atoms with Crippen LogP contribution < -0.4 is 10.2 Å². The minimum atomic E-state index is -0.252. The van der Waals surface area contributed by atoms with Crippen molar-refractivity contribution < 1.29 is 9.13 Å². The number of fused-ring (bicyclic) bond motifs is 3. The van der Waals surface area contributed by atoms with Crippen molar-refractivity contribution in [2.45, 2.75) is 13.5 Å². The van der Waals surface area contributed by atoms with Gasteiger partial charge in [0.25, 0.3) is 0 Å². The van der Waals surface area contributed by atoms with E-state index in [-0.39, 0.29) is 11.2 Å². The number of benzene rings is 2. The number of halogens is 1. The average molecular weight is 428 g/mol. The monoisotopic (exact) mass is 428 g/mol. The smallest absolute Gasteiger partial charge is 0.236 e. The lowest BCUT2D eigenvalue weighted by atomic mass is 9.77. The van der Waals surface area contributed by atoms with E-state index < -0.39 is 0 Å². The molecule has 7 nitrogen and oxygen atoms in total. The second-order valence-electron chi connectivity index (χ2n) is 8.78. The topological polar surface area (TPSA) is 78.5 Å². The molecule has 160 valence electrons. The molecule has 8 heteroatoms. The van der Waals surface area contributed by atoms with Crippen LogP contribution in [0.25, 0.3) is 16.7 Å². The highest BCUT2D eigenvalue weighted by molar-refractivity contribution is 5.94. The summed E-state index contributed by atoms with van der Waals surface area (Å²) in [6.07, 6.45) is 3.45. The van der Waals surface area contributed by atoms with Crippen LogP contribution in [-0.2, 0) is 11.3 Å². The van der Waals surface area contributed by atoms with E-state index >= 15 is 4.39 Å². The molecule has 0 saturated carbocycles. The highest BCUT2D eigenvalue weighted by Crippen LogP contribution is 2.42. The Bertz CT molecular complexity index is 1410. The number of aromatic nitrogens is 3. The van der Waals surface area contributed by atoms with Crippen molar-refractivity contribution in [2.24, 2.45) is 5.41 Å². The van der Waals surface area contributed by atoms with Gasteiger partial charge in [-0.1, -0.05) is 12.1 Å². The number of nitrogens with zero attached hydrogens (tertiary/aromatic N) is 5. The third-order valence-corrected chi connectivity index (χ3v) is 6.64. The highest BCUT2D eigenvalue weighted by atomic mass is 19.1. The molecule has 4 heterocycles. The molecule has 0 aliphatic carbocycles. The molecular weight excluding hydrogens is 407 g/mol. The number of imidazole rings is 1. The lowest BCUT2D eigenvalue weighted by Crippen LogP contribution is -2.66. The fraction of sp³-hybridized carbons (Fsp3) is 0.292. The van der Waals surface area contributed by atoms with Crippen LogP contribution in [-0.4, -0.2) is 40.7 Å². The molecule has 1 spiro atoms. The van der Waals surface area contributed by atoms with E-state index in [1.165, 1.54) is 0 Å². The summed E-state index contributed by atoms with van der Waals surface area (Å²) < 4.78 is 22.3. The van der Waals surface area contributed by atoms with Crippen LogP contribution >= 0.6 is 0 Å². The van der Waals surface area contributed by atoms with Crippen molar-refractivity contribution in [3.05, 3.63) is 65.2 Å². The second kappa shape index (κ2) is 6.90. The molecule has 2 aromatic carbocycles. The van der Waals surface area contributed by atoms with Crippen LogP contribution in [0.3, 0.4) is 0 Å². The number of hydrogen-bond donors (Lipinski definition) is 1. The summed E-state index contributed by atoms with van der Waals surface area (Å²) in [6, 6.07) is 11.4. The quantitative estimate of drug-likeness (QED) is 0.535. The normalized spacial score (nSPS) is 16.7. The molecule has 0 radical (unpaired) electrons. The summed E-state index contributed by atoms with van der Waals surface area (Å²) >= 11 is 0. The molecule has 0 atom stereocenters. The Morgan fingerprint density at radius 1 is 1.28 bits per heavy atom. The molecule has 0 amide bonds. The van der Waals surface area contributed by atoms with Gasteiger partial charge in [0, 0.05) is 43.5 Å². The summed E-state index contributed by atoms with van der Waals surface area (Å²) in [6.45, 7) is 5.55. The van der Waals surface area contributed by atoms with Crippen molar-refractivity contribution >= 4 is 28.2 Å². The number of rotatable bonds is 4. The van der Waals surface area contributed by atoms with Crippen molar-refractivity contribution in [3.63, 3.8) is 0 Å². The van der Waals surface area contributed by atoms with Crippen molar-refractivity contribution in [1.29, 1.82) is 5.26 Å². The first kappa shape index (κ1) is 19.0. The van der Waals surface area contributed by atoms with E-state index in [2.05, 4.69) is 21.3 Å². The molecule has 2 aromatic heterocycles. The maximum Gasteiger partial charge on any atom is 0.236 e. The van der Waals surface area contributed by atoms with Gasteiger partial charge in [0.15, 0.2) is 0 Å². The lowest BCUT2D eigenvalue weighted by molar-refractivity contribution is -0.127. The lowest BCUT2D eigenvalue weighted by Gasteiger charge is -2.56. The zero-order valence-electron chi connectivity index (χ0n) is 17.6. The van der Waals surface area contributed by atoms with E-state index in [4.69, 9.17) is 9.72 Å². The molecule has 32 heavy (non-hydrogen) atoms. The van der Waals surface area contributed by atoms with Gasteiger partial charge in [-0.25, -0.2) is 9.37 Å². The molecule has 6 rings (SSSR count). The van der Waals surface area contributed by atoms with Gasteiger partial charge in [0.1, 0.15) is 11.6 Å². The van der Waals surface area contributed by atoms with Gasteiger partial charge in [-0.15, -0.1) is 0 Å². The zero-order chi connectivity index (χ0) is 21.9. The fourth-order valence-electron chi connectivity index (χ4n) is 4.73. The van der Waals surface area contributed by atoms with Gasteiger partial charge in [0.05, 0.1) is 41.5 Å². The first-order chi connectivity index (χ1) is 15.6.